The molecule has 0 aliphatic carbocycles. The van der Waals surface area contributed by atoms with Crippen molar-refractivity contribution >= 4 is 23.0 Å². The summed E-state index contributed by atoms with van der Waals surface area (Å²) in [5.74, 6) is 0.0269. The number of carbonyl (C=O) groups is 2. The van der Waals surface area contributed by atoms with Crippen molar-refractivity contribution in [3.8, 4) is 5.75 Å². The number of aldehydes is 1. The van der Waals surface area contributed by atoms with Gasteiger partial charge in [0.1, 0.15) is 12.0 Å². The molecule has 0 aliphatic rings. The van der Waals surface area contributed by atoms with E-state index in [4.69, 9.17) is 0 Å². The van der Waals surface area contributed by atoms with E-state index < -0.39 is 0 Å². The van der Waals surface area contributed by atoms with Gasteiger partial charge in [0.15, 0.2) is 5.78 Å². The normalized spacial score (nSPS) is 10.6. The Kier molecular flexibility index (Phi) is 2.48. The van der Waals surface area contributed by atoms with Gasteiger partial charge in [0.25, 0.3) is 0 Å². The topological polar surface area (TPSA) is 59.3 Å². The van der Waals surface area contributed by atoms with Crippen molar-refractivity contribution in [2.45, 2.75) is 13.5 Å². The molecule has 4 nitrogen and oxygen atoms in total. The first kappa shape index (κ1) is 10.4. The largest absolute Gasteiger partial charge is 0.508 e. The highest BCUT2D eigenvalue weighted by Crippen LogP contribution is 2.25. The summed E-state index contributed by atoms with van der Waals surface area (Å²) >= 11 is 0. The number of hydrogen-bond acceptors (Lipinski definition) is 3. The van der Waals surface area contributed by atoms with Gasteiger partial charge in [-0.1, -0.05) is 0 Å². The second-order valence-corrected chi connectivity index (χ2v) is 3.62. The highest BCUT2D eigenvalue weighted by atomic mass is 16.3. The maximum Gasteiger partial charge on any atom is 0.161 e. The first-order chi connectivity index (χ1) is 7.63. The SMILES string of the molecule is CC(=O)c1cn(CC=O)c2ccc(O)cc12. The van der Waals surface area contributed by atoms with Crippen molar-refractivity contribution in [2.75, 3.05) is 0 Å². The smallest absolute Gasteiger partial charge is 0.161 e. The van der Waals surface area contributed by atoms with Crippen molar-refractivity contribution in [3.63, 3.8) is 0 Å². The number of hydrogen-bond donors (Lipinski definition) is 1. The van der Waals surface area contributed by atoms with Crippen LogP contribution in [-0.4, -0.2) is 21.7 Å². The lowest BCUT2D eigenvalue weighted by Crippen LogP contribution is -1.96. The summed E-state index contributed by atoms with van der Waals surface area (Å²) in [4.78, 5) is 21.9. The summed E-state index contributed by atoms with van der Waals surface area (Å²) in [7, 11) is 0. The minimum Gasteiger partial charge on any atom is -0.508 e. The molecule has 0 radical (unpaired) electrons. The molecule has 0 saturated carbocycles. The number of Topliss-reactive ketones (excluding diaryl/α,β-unsaturated/α-hetero) is 1. The molecule has 0 amide bonds. The third kappa shape index (κ3) is 1.58. The Morgan fingerprint density at radius 1 is 1.50 bits per heavy atom. The molecule has 0 fully saturated rings. The van der Waals surface area contributed by atoms with Crippen molar-refractivity contribution in [1.29, 1.82) is 0 Å². The Morgan fingerprint density at radius 3 is 2.88 bits per heavy atom. The number of carbonyl (C=O) groups excluding carboxylic acids is 2. The van der Waals surface area contributed by atoms with E-state index >= 15 is 0 Å². The number of fused-ring (bicyclic) bond motifs is 1. The molecule has 0 spiro atoms. The minimum absolute atomic E-state index is 0.0831. The number of phenolic OH excluding ortho intramolecular Hbond substituents is 1. The second kappa shape index (κ2) is 3.81. The van der Waals surface area contributed by atoms with Gasteiger partial charge in [-0.2, -0.15) is 0 Å². The van der Waals surface area contributed by atoms with Crippen LogP contribution in [-0.2, 0) is 11.3 Å². The number of aromatic hydroxyl groups is 1. The van der Waals surface area contributed by atoms with Gasteiger partial charge in [-0.15, -0.1) is 0 Å². The average molecular weight is 217 g/mol. The molecule has 0 bridgehead atoms. The molecule has 1 aromatic heterocycles. The number of nitrogens with zero attached hydrogens (tertiary/aromatic N) is 1. The van der Waals surface area contributed by atoms with Gasteiger partial charge in [-0.05, 0) is 25.1 Å². The summed E-state index contributed by atoms with van der Waals surface area (Å²) in [5.41, 5.74) is 1.29. The molecule has 0 unspecified atom stereocenters. The van der Waals surface area contributed by atoms with Crippen LogP contribution in [0.5, 0.6) is 5.75 Å². The molecular weight excluding hydrogens is 206 g/mol. The zero-order valence-corrected chi connectivity index (χ0v) is 8.80. The molecule has 82 valence electrons. The van der Waals surface area contributed by atoms with Gasteiger partial charge >= 0.3 is 0 Å². The van der Waals surface area contributed by atoms with E-state index in [0.29, 0.717) is 10.9 Å². The van der Waals surface area contributed by atoms with Crippen LogP contribution in [0, 0.1) is 0 Å². The van der Waals surface area contributed by atoms with Crippen LogP contribution in [0.1, 0.15) is 17.3 Å². The lowest BCUT2D eigenvalue weighted by atomic mass is 10.1. The number of aromatic nitrogens is 1. The van der Waals surface area contributed by atoms with Gasteiger partial charge in [0.2, 0.25) is 0 Å². The lowest BCUT2D eigenvalue weighted by molar-refractivity contribution is -0.108. The lowest BCUT2D eigenvalue weighted by Gasteiger charge is -1.99. The monoisotopic (exact) mass is 217 g/mol. The number of ketones is 1. The Bertz CT molecular complexity index is 569. The molecular formula is C12H11NO3. The summed E-state index contributed by atoms with van der Waals surface area (Å²) in [6.45, 7) is 1.67. The molecule has 1 heterocycles. The van der Waals surface area contributed by atoms with Crippen LogP contribution < -0.4 is 0 Å². The van der Waals surface area contributed by atoms with E-state index in [2.05, 4.69) is 0 Å². The summed E-state index contributed by atoms with van der Waals surface area (Å²) in [6, 6.07) is 4.77. The number of phenols is 1. The van der Waals surface area contributed by atoms with Crippen molar-refractivity contribution in [1.82, 2.24) is 4.57 Å². The van der Waals surface area contributed by atoms with Crippen molar-refractivity contribution < 1.29 is 14.7 Å². The summed E-state index contributed by atoms with van der Waals surface area (Å²) < 4.78 is 1.69. The standard InChI is InChI=1S/C12H11NO3/c1-8(15)11-7-13(4-5-14)12-3-2-9(16)6-10(11)12/h2-3,5-7,16H,4H2,1H3. The third-order valence-electron chi connectivity index (χ3n) is 2.52. The zero-order valence-electron chi connectivity index (χ0n) is 8.80. The Balaban J connectivity index is 2.75. The first-order valence-corrected chi connectivity index (χ1v) is 4.90. The summed E-state index contributed by atoms with van der Waals surface area (Å²) in [5, 5.41) is 10.1. The van der Waals surface area contributed by atoms with Crippen LogP contribution in [0.2, 0.25) is 0 Å². The molecule has 0 saturated heterocycles. The van der Waals surface area contributed by atoms with Gasteiger partial charge in [0, 0.05) is 22.7 Å². The van der Waals surface area contributed by atoms with Gasteiger partial charge < -0.3 is 14.5 Å². The highest BCUT2D eigenvalue weighted by molar-refractivity contribution is 6.07. The van der Waals surface area contributed by atoms with Crippen LogP contribution in [0.25, 0.3) is 10.9 Å². The molecule has 0 atom stereocenters. The maximum atomic E-state index is 11.4. The fourth-order valence-corrected chi connectivity index (χ4v) is 1.80. The third-order valence-corrected chi connectivity index (χ3v) is 2.52. The summed E-state index contributed by atoms with van der Waals surface area (Å²) in [6.07, 6.45) is 2.41. The van der Waals surface area contributed by atoms with Crippen LogP contribution in [0.3, 0.4) is 0 Å². The fourth-order valence-electron chi connectivity index (χ4n) is 1.80. The van der Waals surface area contributed by atoms with E-state index in [9.17, 15) is 14.7 Å². The molecule has 0 aliphatic heterocycles. The van der Waals surface area contributed by atoms with Crippen molar-refractivity contribution in [3.05, 3.63) is 30.0 Å². The number of benzene rings is 1. The van der Waals surface area contributed by atoms with Crippen LogP contribution in [0.4, 0.5) is 0 Å². The van der Waals surface area contributed by atoms with E-state index in [1.54, 1.807) is 16.8 Å². The molecule has 2 rings (SSSR count). The predicted molar refractivity (Wildman–Crippen MR) is 59.7 cm³/mol. The van der Waals surface area contributed by atoms with Gasteiger partial charge in [-0.3, -0.25) is 4.79 Å². The quantitative estimate of drug-likeness (QED) is 0.629. The molecule has 1 aromatic carbocycles. The van der Waals surface area contributed by atoms with E-state index in [1.165, 1.54) is 19.1 Å². The first-order valence-electron chi connectivity index (χ1n) is 4.90. The number of rotatable bonds is 3. The average Bonchev–Trinajstić information content (AvgIpc) is 2.57. The molecule has 16 heavy (non-hydrogen) atoms. The van der Waals surface area contributed by atoms with Crippen molar-refractivity contribution in [2.24, 2.45) is 0 Å². The molecule has 1 N–H and O–H groups in total. The fraction of sp³-hybridized carbons (Fsp3) is 0.167. The molecule has 2 aromatic rings. The maximum absolute atomic E-state index is 11.4. The predicted octanol–water partition coefficient (Wildman–Crippen LogP) is 1.75. The van der Waals surface area contributed by atoms with Crippen LogP contribution in [0.15, 0.2) is 24.4 Å². The van der Waals surface area contributed by atoms with E-state index in [0.717, 1.165) is 11.8 Å². The Labute approximate surface area is 92.1 Å². The molecule has 4 heteroatoms. The Morgan fingerprint density at radius 2 is 2.25 bits per heavy atom. The zero-order chi connectivity index (χ0) is 11.7. The van der Waals surface area contributed by atoms with E-state index in [-0.39, 0.29) is 18.1 Å². The van der Waals surface area contributed by atoms with Gasteiger partial charge in [0.05, 0.1) is 6.54 Å². The van der Waals surface area contributed by atoms with E-state index in [1.807, 2.05) is 0 Å². The Hall–Kier alpha value is -2.10. The highest BCUT2D eigenvalue weighted by Gasteiger charge is 2.11. The second-order valence-electron chi connectivity index (χ2n) is 3.62. The van der Waals surface area contributed by atoms with Crippen LogP contribution >= 0.6 is 0 Å². The van der Waals surface area contributed by atoms with Gasteiger partial charge in [-0.25, -0.2) is 0 Å². The minimum atomic E-state index is -0.0831.